The number of H-pyrrole nitrogens is 4. The van der Waals surface area contributed by atoms with Crippen molar-refractivity contribution in [2.75, 3.05) is 52.9 Å². The predicted molar refractivity (Wildman–Crippen MR) is 512 cm³/mol. The van der Waals surface area contributed by atoms with E-state index in [1.54, 1.807) is 52.0 Å². The monoisotopic (exact) mass is 1840 g/mol. The number of aromatic nitrogens is 12. The van der Waals surface area contributed by atoms with Gasteiger partial charge in [-0.2, -0.15) is 20.4 Å². The second-order valence-electron chi connectivity index (χ2n) is 39.7. The molecule has 8 N–H and O–H groups in total. The van der Waals surface area contributed by atoms with E-state index in [2.05, 4.69) is 108 Å². The Bertz CT molecular complexity index is 6860. The maximum absolute atomic E-state index is 14.2. The Balaban J connectivity index is 0.000000108. The Morgan fingerprint density at radius 2 is 0.588 bits per heavy atom. The number of fused-ring (bicyclic) bond motifs is 8. The van der Waals surface area contributed by atoms with Crippen molar-refractivity contribution in [2.45, 2.75) is 192 Å². The van der Waals surface area contributed by atoms with Crippen LogP contribution in [0.25, 0.3) is 110 Å². The summed E-state index contributed by atoms with van der Waals surface area (Å²) < 4.78 is 88.8. The summed E-state index contributed by atoms with van der Waals surface area (Å²) in [5.41, 5.74) is 24.9. The molecule has 8 aromatic heterocycles. The molecule has 16 aromatic rings. The van der Waals surface area contributed by atoms with Crippen LogP contribution in [-0.2, 0) is 51.0 Å². The van der Waals surface area contributed by atoms with E-state index in [-0.39, 0.29) is 59.8 Å². The number of aryl methyl sites for hydroxylation is 4. The maximum atomic E-state index is 14.2. The molecule has 704 valence electrons. The minimum Gasteiger partial charge on any atom is -0.481 e. The number of aromatic amines is 4. The second-order valence-corrected chi connectivity index (χ2v) is 39.7. The number of carboxylic acids is 4. The van der Waals surface area contributed by atoms with Crippen molar-refractivity contribution in [1.29, 1.82) is 0 Å². The van der Waals surface area contributed by atoms with Crippen LogP contribution in [0, 0.1) is 86.5 Å². The molecule has 0 atom stereocenters. The second kappa shape index (κ2) is 37.4. The van der Waals surface area contributed by atoms with Gasteiger partial charge in [0.2, 0.25) is 0 Å². The number of carboxylic acid groups (broad SMARTS) is 4. The molecule has 8 aliphatic rings. The molecule has 0 bridgehead atoms. The number of nitrogens with one attached hydrogen (secondary N) is 4. The van der Waals surface area contributed by atoms with Crippen LogP contribution in [-0.4, -0.2) is 156 Å². The molecule has 24 rings (SSSR count). The molecule has 24 nitrogen and oxygen atoms in total. The molecule has 28 heteroatoms. The smallest absolute Gasteiger partial charge is 0.306 e. The Hall–Kier alpha value is -12.8. The van der Waals surface area contributed by atoms with Gasteiger partial charge in [-0.15, -0.1) is 0 Å². The van der Waals surface area contributed by atoms with Gasteiger partial charge >= 0.3 is 23.9 Å². The maximum Gasteiger partial charge on any atom is 0.306 e. The molecule has 4 saturated heterocycles. The number of halogens is 4. The van der Waals surface area contributed by atoms with E-state index in [0.29, 0.717) is 69.6 Å². The molecule has 8 aromatic carbocycles. The van der Waals surface area contributed by atoms with E-state index in [9.17, 15) is 57.2 Å². The van der Waals surface area contributed by atoms with Crippen molar-refractivity contribution in [1.82, 2.24) is 59.1 Å². The fraction of sp³-hybridized carbons (Fsp3) is 0.407. The van der Waals surface area contributed by atoms with Gasteiger partial charge in [0.25, 0.3) is 0 Å². The zero-order valence-corrected chi connectivity index (χ0v) is 76.7. The molecule has 4 saturated carbocycles. The highest BCUT2D eigenvalue weighted by molar-refractivity contribution is 6.03. The highest BCUT2D eigenvalue weighted by atomic mass is 19.1. The van der Waals surface area contributed by atoms with E-state index >= 15 is 0 Å². The first-order chi connectivity index (χ1) is 66.0. The molecular formula is C108H112F4N12O12. The summed E-state index contributed by atoms with van der Waals surface area (Å²) in [6.07, 6.45) is 23.4. The largest absolute Gasteiger partial charge is 0.481 e. The zero-order chi connectivity index (χ0) is 93.6. The molecule has 0 spiro atoms. The summed E-state index contributed by atoms with van der Waals surface area (Å²) in [5.74, 6) is -1.05. The molecule has 8 fully saturated rings. The molecule has 0 radical (unpaired) electrons. The molecule has 4 aliphatic carbocycles. The lowest BCUT2D eigenvalue weighted by atomic mass is 9.68. The summed E-state index contributed by atoms with van der Waals surface area (Å²) >= 11 is 0. The third kappa shape index (κ3) is 17.2. The molecule has 136 heavy (non-hydrogen) atoms. The number of aliphatic carboxylic acids is 4. The van der Waals surface area contributed by atoms with Crippen molar-refractivity contribution in [3.63, 3.8) is 0 Å². The van der Waals surface area contributed by atoms with Crippen LogP contribution in [0.4, 0.5) is 17.6 Å². The first-order valence-corrected chi connectivity index (χ1v) is 48.3. The lowest BCUT2D eigenvalue weighted by molar-refractivity contribution is -0.147. The lowest BCUT2D eigenvalue weighted by Gasteiger charge is -2.37. The van der Waals surface area contributed by atoms with Crippen LogP contribution >= 0.6 is 0 Å². The van der Waals surface area contributed by atoms with E-state index in [4.69, 9.17) is 18.9 Å². The first kappa shape index (κ1) is 89.8. The van der Waals surface area contributed by atoms with Crippen LogP contribution in [0.5, 0.6) is 0 Å². The minimum atomic E-state index is -0.725. The highest BCUT2D eigenvalue weighted by Crippen LogP contribution is 2.55. The van der Waals surface area contributed by atoms with Crippen LogP contribution < -0.4 is 0 Å². The van der Waals surface area contributed by atoms with Crippen LogP contribution in [0.1, 0.15) is 218 Å². The highest BCUT2D eigenvalue weighted by Gasteiger charge is 2.44. The Morgan fingerprint density at radius 1 is 0.331 bits per heavy atom. The zero-order valence-electron chi connectivity index (χ0n) is 76.7. The molecule has 4 aliphatic heterocycles. The van der Waals surface area contributed by atoms with Crippen molar-refractivity contribution in [2.24, 2.45) is 35.5 Å². The summed E-state index contributed by atoms with van der Waals surface area (Å²) in [6, 6.07) is 38.7. The Labute approximate surface area is 781 Å². The fourth-order valence-corrected chi connectivity index (χ4v) is 23.7. The number of hydrogen-bond acceptors (Lipinski definition) is 12. The van der Waals surface area contributed by atoms with Crippen molar-refractivity contribution in [3.05, 3.63) is 237 Å². The molecular weight excluding hydrogens is 1730 g/mol. The molecule has 0 unspecified atom stereocenters. The van der Waals surface area contributed by atoms with Gasteiger partial charge in [-0.1, -0.05) is 0 Å². The first-order valence-electron chi connectivity index (χ1n) is 48.3. The Morgan fingerprint density at radius 3 is 0.853 bits per heavy atom. The number of carbonyl (C=O) groups is 4. The van der Waals surface area contributed by atoms with Crippen LogP contribution in [0.15, 0.2) is 146 Å². The minimum absolute atomic E-state index is 0.208. The number of ether oxygens (including phenoxy) is 4. The lowest BCUT2D eigenvalue weighted by Crippen LogP contribution is -2.31. The fourth-order valence-electron chi connectivity index (χ4n) is 23.7. The van der Waals surface area contributed by atoms with Gasteiger partial charge in [-0.25, -0.2) is 17.6 Å². The third-order valence-corrected chi connectivity index (χ3v) is 31.0. The van der Waals surface area contributed by atoms with Gasteiger partial charge in [-0.05, 0) is 345 Å². The van der Waals surface area contributed by atoms with Gasteiger partial charge in [0.1, 0.15) is 23.3 Å². The van der Waals surface area contributed by atoms with Gasteiger partial charge < -0.3 is 57.6 Å². The molecule has 12 heterocycles. The SMILES string of the molecule is Cc1cc(-n2c(C3CCOCC3)c(C3CC(CC(=O)O)C3)c3cc4[nH]ncc4cc32)ccc1F.Cc1cc(-n2c(C3CCOCC3)c(C3CC(CC(=O)O)C3)c3cc4[nH]ncc4cc32)ccc1F.Cc1cc(-n2c(C3CCOCC3)c(CC3CC(C(=O)O)C3)c3cc4[nH]ncc4cc32)ccc1F.Cc1cc(-n2c(C3CCOCC3)c(CC3CC(C(=O)O)C3)c3cc4[nH]ncc4cc32)ccc1F. The van der Waals surface area contributed by atoms with Crippen molar-refractivity contribution < 1.29 is 76.1 Å². The number of hydrogen-bond donors (Lipinski definition) is 8. The summed E-state index contributed by atoms with van der Waals surface area (Å²) in [6.45, 7) is 13.0. The van der Waals surface area contributed by atoms with Crippen molar-refractivity contribution >= 4 is 111 Å². The van der Waals surface area contributed by atoms with E-state index in [1.807, 2.05) is 73.3 Å². The van der Waals surface area contributed by atoms with Gasteiger partial charge in [0, 0.05) is 178 Å². The van der Waals surface area contributed by atoms with E-state index < -0.39 is 23.9 Å². The summed E-state index contributed by atoms with van der Waals surface area (Å²) in [4.78, 5) is 45.4. The predicted octanol–water partition coefficient (Wildman–Crippen LogP) is 22.6. The quantitative estimate of drug-likeness (QED) is 0.0329. The summed E-state index contributed by atoms with van der Waals surface area (Å²) in [7, 11) is 0. The standard InChI is InChI=1S/4C27H28FN3O3/c2*1-15-8-20(2-3-23(15)28)31-25-12-19-14-29-30-24(19)13-21(25)22(11-16-9-18(10-16)27(32)33)26(31)17-4-6-34-7-5-17;2*1-15-8-20(2-3-22(15)28)31-24-12-19-14-29-30-23(19)13-21(24)26(18-9-16(10-18)11-25(32)33)27(31)17-4-6-34-7-5-17/h4*2-3,8,12-14,16-18H,4-7,9-11H2,1H3,(H,29,30)(H,32,33). The number of benzene rings is 8. The van der Waals surface area contributed by atoms with E-state index in [1.165, 1.54) is 66.6 Å². The normalized spacial score (nSPS) is 21.2. The average molecular weight is 1850 g/mol. The number of nitrogens with zero attached hydrogens (tertiary/aromatic N) is 8. The van der Waals surface area contributed by atoms with Crippen molar-refractivity contribution in [3.8, 4) is 22.7 Å². The average Bonchev–Trinajstić information content (AvgIpc) is 1.55. The van der Waals surface area contributed by atoms with Gasteiger partial charge in [-0.3, -0.25) is 39.6 Å². The number of rotatable bonds is 20. The van der Waals surface area contributed by atoms with Gasteiger partial charge in [0.05, 0.1) is 80.8 Å². The topological polar surface area (TPSA) is 321 Å². The van der Waals surface area contributed by atoms with Crippen LogP contribution in [0.2, 0.25) is 0 Å². The summed E-state index contributed by atoms with van der Waals surface area (Å²) in [5, 5.41) is 75.5. The third-order valence-electron chi connectivity index (χ3n) is 31.0. The molecule has 0 amide bonds. The van der Waals surface area contributed by atoms with Gasteiger partial charge in [0.15, 0.2) is 0 Å². The van der Waals surface area contributed by atoms with E-state index in [0.717, 1.165) is 257 Å². The van der Waals surface area contributed by atoms with Crippen LogP contribution in [0.3, 0.4) is 0 Å². The Kier molecular flexibility index (Phi) is 24.7.